The molecule has 0 spiro atoms. The SMILES string of the molecule is CC1CCCNC1CC(=O)N(C)CC1CCN(C)C1. The van der Waals surface area contributed by atoms with Gasteiger partial charge in [-0.15, -0.1) is 0 Å². The van der Waals surface area contributed by atoms with Crippen molar-refractivity contribution in [2.75, 3.05) is 40.3 Å². The van der Waals surface area contributed by atoms with E-state index >= 15 is 0 Å². The van der Waals surface area contributed by atoms with Crippen LogP contribution in [0.25, 0.3) is 0 Å². The molecule has 1 amide bonds. The van der Waals surface area contributed by atoms with Crippen LogP contribution < -0.4 is 5.32 Å². The zero-order valence-corrected chi connectivity index (χ0v) is 12.7. The Morgan fingerprint density at radius 2 is 2.21 bits per heavy atom. The van der Waals surface area contributed by atoms with Crippen LogP contribution in [0.5, 0.6) is 0 Å². The molecule has 2 heterocycles. The van der Waals surface area contributed by atoms with E-state index in [9.17, 15) is 4.79 Å². The summed E-state index contributed by atoms with van der Waals surface area (Å²) in [5, 5.41) is 3.50. The molecule has 0 saturated carbocycles. The third-order valence-electron chi connectivity index (χ3n) is 4.77. The molecule has 2 aliphatic rings. The highest BCUT2D eigenvalue weighted by atomic mass is 16.2. The van der Waals surface area contributed by atoms with Crippen LogP contribution in [-0.4, -0.2) is 62.0 Å². The normalized spacial score (nSPS) is 32.5. The molecular formula is C15H29N3O. The van der Waals surface area contributed by atoms with Crippen molar-refractivity contribution in [2.24, 2.45) is 11.8 Å². The van der Waals surface area contributed by atoms with Gasteiger partial charge in [0.15, 0.2) is 0 Å². The van der Waals surface area contributed by atoms with Crippen LogP contribution >= 0.6 is 0 Å². The second-order valence-electron chi connectivity index (χ2n) is 6.58. The second-order valence-corrected chi connectivity index (χ2v) is 6.58. The Kier molecular flexibility index (Phi) is 5.22. The lowest BCUT2D eigenvalue weighted by molar-refractivity contribution is -0.131. The average molecular weight is 267 g/mol. The lowest BCUT2D eigenvalue weighted by Crippen LogP contribution is -2.44. The standard InChI is InChI=1S/C15H29N3O/c1-12-5-4-7-16-14(12)9-15(19)18(3)11-13-6-8-17(2)10-13/h12-14,16H,4-11H2,1-3H3. The molecule has 3 unspecified atom stereocenters. The van der Waals surface area contributed by atoms with Gasteiger partial charge in [0.1, 0.15) is 0 Å². The zero-order chi connectivity index (χ0) is 13.8. The van der Waals surface area contributed by atoms with Gasteiger partial charge in [0.25, 0.3) is 0 Å². The van der Waals surface area contributed by atoms with Crippen molar-refractivity contribution >= 4 is 5.91 Å². The van der Waals surface area contributed by atoms with E-state index in [0.717, 1.165) is 19.6 Å². The summed E-state index contributed by atoms with van der Waals surface area (Å²) in [6.07, 6.45) is 4.39. The van der Waals surface area contributed by atoms with Crippen molar-refractivity contribution in [2.45, 2.75) is 38.6 Å². The van der Waals surface area contributed by atoms with E-state index in [4.69, 9.17) is 0 Å². The summed E-state index contributed by atoms with van der Waals surface area (Å²) in [5.41, 5.74) is 0. The Balaban J connectivity index is 1.75. The minimum atomic E-state index is 0.306. The largest absolute Gasteiger partial charge is 0.345 e. The van der Waals surface area contributed by atoms with Crippen molar-refractivity contribution < 1.29 is 4.79 Å². The topological polar surface area (TPSA) is 35.6 Å². The number of carbonyl (C=O) groups excluding carboxylic acids is 1. The minimum absolute atomic E-state index is 0.306. The lowest BCUT2D eigenvalue weighted by atomic mass is 9.90. The summed E-state index contributed by atoms with van der Waals surface area (Å²) in [4.78, 5) is 16.6. The van der Waals surface area contributed by atoms with Gasteiger partial charge in [0.05, 0.1) is 0 Å². The van der Waals surface area contributed by atoms with Crippen LogP contribution in [0.1, 0.15) is 32.6 Å². The van der Waals surface area contributed by atoms with Gasteiger partial charge in [0.2, 0.25) is 5.91 Å². The molecule has 4 nitrogen and oxygen atoms in total. The van der Waals surface area contributed by atoms with Gasteiger partial charge in [-0.1, -0.05) is 6.92 Å². The molecule has 2 saturated heterocycles. The molecule has 0 aromatic heterocycles. The van der Waals surface area contributed by atoms with Gasteiger partial charge < -0.3 is 15.1 Å². The summed E-state index contributed by atoms with van der Waals surface area (Å²) in [5.74, 6) is 1.60. The Morgan fingerprint density at radius 1 is 1.42 bits per heavy atom. The molecule has 2 fully saturated rings. The molecule has 3 atom stereocenters. The maximum Gasteiger partial charge on any atom is 0.223 e. The molecule has 0 aromatic rings. The van der Waals surface area contributed by atoms with E-state index in [2.05, 4.69) is 24.2 Å². The fraction of sp³-hybridized carbons (Fsp3) is 0.933. The van der Waals surface area contributed by atoms with E-state index in [1.807, 2.05) is 11.9 Å². The smallest absolute Gasteiger partial charge is 0.223 e. The van der Waals surface area contributed by atoms with Gasteiger partial charge in [-0.25, -0.2) is 0 Å². The fourth-order valence-electron chi connectivity index (χ4n) is 3.40. The van der Waals surface area contributed by atoms with Crippen LogP contribution in [0.3, 0.4) is 0 Å². The number of hydrogen-bond acceptors (Lipinski definition) is 3. The van der Waals surface area contributed by atoms with Crippen LogP contribution in [0.15, 0.2) is 0 Å². The highest BCUT2D eigenvalue weighted by molar-refractivity contribution is 5.76. The molecular weight excluding hydrogens is 238 g/mol. The van der Waals surface area contributed by atoms with Crippen LogP contribution in [0, 0.1) is 11.8 Å². The van der Waals surface area contributed by atoms with E-state index < -0.39 is 0 Å². The first-order chi connectivity index (χ1) is 9.06. The maximum absolute atomic E-state index is 12.3. The summed E-state index contributed by atoms with van der Waals surface area (Å²) >= 11 is 0. The van der Waals surface area contributed by atoms with Gasteiger partial charge >= 0.3 is 0 Å². The first kappa shape index (κ1) is 14.8. The van der Waals surface area contributed by atoms with E-state index in [-0.39, 0.29) is 0 Å². The van der Waals surface area contributed by atoms with Crippen LogP contribution in [-0.2, 0) is 4.79 Å². The number of carbonyl (C=O) groups is 1. The van der Waals surface area contributed by atoms with Crippen LogP contribution in [0.2, 0.25) is 0 Å². The number of amides is 1. The second kappa shape index (κ2) is 6.71. The third kappa shape index (κ3) is 4.18. The molecule has 0 radical (unpaired) electrons. The summed E-state index contributed by atoms with van der Waals surface area (Å²) in [7, 11) is 4.13. The molecule has 1 N–H and O–H groups in total. The van der Waals surface area contributed by atoms with E-state index in [1.165, 1.54) is 25.8 Å². The molecule has 19 heavy (non-hydrogen) atoms. The van der Waals surface area contributed by atoms with Crippen molar-refractivity contribution in [1.29, 1.82) is 0 Å². The third-order valence-corrected chi connectivity index (χ3v) is 4.77. The monoisotopic (exact) mass is 267 g/mol. The number of likely N-dealkylation sites (tertiary alicyclic amines) is 1. The zero-order valence-electron chi connectivity index (χ0n) is 12.7. The number of nitrogens with zero attached hydrogens (tertiary/aromatic N) is 2. The lowest BCUT2D eigenvalue weighted by Gasteiger charge is -2.31. The highest BCUT2D eigenvalue weighted by Crippen LogP contribution is 2.20. The first-order valence-corrected chi connectivity index (χ1v) is 7.72. The Morgan fingerprint density at radius 3 is 2.84 bits per heavy atom. The Bertz CT molecular complexity index is 308. The minimum Gasteiger partial charge on any atom is -0.345 e. The molecule has 0 aliphatic carbocycles. The maximum atomic E-state index is 12.3. The van der Waals surface area contributed by atoms with Gasteiger partial charge in [-0.3, -0.25) is 4.79 Å². The van der Waals surface area contributed by atoms with E-state index in [0.29, 0.717) is 30.2 Å². The average Bonchev–Trinajstić information content (AvgIpc) is 2.77. The van der Waals surface area contributed by atoms with Crippen LogP contribution in [0.4, 0.5) is 0 Å². The van der Waals surface area contributed by atoms with Gasteiger partial charge in [-0.05, 0) is 51.2 Å². The molecule has 110 valence electrons. The predicted molar refractivity (Wildman–Crippen MR) is 78.0 cm³/mol. The highest BCUT2D eigenvalue weighted by Gasteiger charge is 2.26. The Labute approximate surface area is 117 Å². The fourth-order valence-corrected chi connectivity index (χ4v) is 3.40. The van der Waals surface area contributed by atoms with Crippen molar-refractivity contribution in [1.82, 2.24) is 15.1 Å². The molecule has 0 bridgehead atoms. The number of hydrogen-bond donors (Lipinski definition) is 1. The number of nitrogens with one attached hydrogen (secondary N) is 1. The first-order valence-electron chi connectivity index (χ1n) is 7.72. The predicted octanol–water partition coefficient (Wildman–Crippen LogP) is 1.17. The van der Waals surface area contributed by atoms with Crippen molar-refractivity contribution in [3.8, 4) is 0 Å². The van der Waals surface area contributed by atoms with Gasteiger partial charge in [-0.2, -0.15) is 0 Å². The number of rotatable bonds is 4. The molecule has 4 heteroatoms. The summed E-state index contributed by atoms with van der Waals surface area (Å²) < 4.78 is 0. The summed E-state index contributed by atoms with van der Waals surface area (Å²) in [6, 6.07) is 0.384. The summed E-state index contributed by atoms with van der Waals surface area (Å²) in [6.45, 7) is 6.56. The van der Waals surface area contributed by atoms with Crippen molar-refractivity contribution in [3.63, 3.8) is 0 Å². The molecule has 2 aliphatic heterocycles. The van der Waals surface area contributed by atoms with E-state index in [1.54, 1.807) is 0 Å². The quantitative estimate of drug-likeness (QED) is 0.831. The van der Waals surface area contributed by atoms with Gasteiger partial charge in [0, 0.05) is 32.6 Å². The Hall–Kier alpha value is -0.610. The molecule has 2 rings (SSSR count). The number of piperidine rings is 1. The van der Waals surface area contributed by atoms with Crippen molar-refractivity contribution in [3.05, 3.63) is 0 Å². The molecule has 0 aromatic carbocycles.